The summed E-state index contributed by atoms with van der Waals surface area (Å²) in [4.78, 5) is 14.7. The molecule has 1 saturated carbocycles. The number of ether oxygens (including phenoxy) is 2. The number of fused-ring (bicyclic) bond motifs is 1. The minimum Gasteiger partial charge on any atom is -0.383 e. The number of nitrogens with two attached hydrogens (primary N) is 1. The van der Waals surface area contributed by atoms with E-state index in [9.17, 15) is 4.79 Å². The minimum absolute atomic E-state index is 0.0128. The van der Waals surface area contributed by atoms with Gasteiger partial charge in [0.05, 0.1) is 18.8 Å². The Morgan fingerprint density at radius 1 is 1.55 bits per heavy atom. The molecule has 2 fully saturated rings. The summed E-state index contributed by atoms with van der Waals surface area (Å²) in [7, 11) is 3.46. The predicted octanol–water partition coefficient (Wildman–Crippen LogP) is 1.01. The Labute approximate surface area is 121 Å². The topological polar surface area (TPSA) is 64.8 Å². The average molecular weight is 284 g/mol. The number of nitrogens with zero attached hydrogens (tertiary/aromatic N) is 1. The molecule has 20 heavy (non-hydrogen) atoms. The molecule has 0 spiro atoms. The van der Waals surface area contributed by atoms with Crippen molar-refractivity contribution >= 4 is 5.91 Å². The fraction of sp³-hybridized carbons (Fsp3) is 0.933. The molecule has 1 saturated heterocycles. The van der Waals surface area contributed by atoms with Crippen molar-refractivity contribution in [1.29, 1.82) is 0 Å². The molecule has 2 rings (SSSR count). The average Bonchev–Trinajstić information content (AvgIpc) is 2.45. The number of hydrogen-bond acceptors (Lipinski definition) is 4. The molecule has 1 amide bonds. The van der Waals surface area contributed by atoms with Crippen molar-refractivity contribution in [2.24, 2.45) is 17.1 Å². The van der Waals surface area contributed by atoms with Crippen molar-refractivity contribution < 1.29 is 14.3 Å². The van der Waals surface area contributed by atoms with Crippen molar-refractivity contribution in [2.45, 2.75) is 51.3 Å². The van der Waals surface area contributed by atoms with Gasteiger partial charge in [-0.25, -0.2) is 0 Å². The van der Waals surface area contributed by atoms with Crippen molar-refractivity contribution in [3.05, 3.63) is 0 Å². The molecule has 4 unspecified atom stereocenters. The van der Waals surface area contributed by atoms with Gasteiger partial charge in [-0.2, -0.15) is 0 Å². The van der Waals surface area contributed by atoms with Gasteiger partial charge in [-0.3, -0.25) is 4.79 Å². The molecule has 0 bridgehead atoms. The Morgan fingerprint density at radius 2 is 2.20 bits per heavy atom. The number of amides is 1. The molecule has 1 aliphatic carbocycles. The summed E-state index contributed by atoms with van der Waals surface area (Å²) in [6, 6.07) is 0.0206. The largest absolute Gasteiger partial charge is 0.383 e. The van der Waals surface area contributed by atoms with Gasteiger partial charge in [0, 0.05) is 32.1 Å². The van der Waals surface area contributed by atoms with Crippen molar-refractivity contribution in [2.75, 3.05) is 27.4 Å². The van der Waals surface area contributed by atoms with Crippen LogP contribution in [-0.2, 0) is 14.3 Å². The summed E-state index contributed by atoms with van der Waals surface area (Å²) < 4.78 is 11.0. The third-order valence-electron chi connectivity index (χ3n) is 5.43. The van der Waals surface area contributed by atoms with Gasteiger partial charge >= 0.3 is 0 Å². The maximum atomic E-state index is 12.9. The molecule has 1 aliphatic heterocycles. The third kappa shape index (κ3) is 1.98. The van der Waals surface area contributed by atoms with Crippen LogP contribution in [0.4, 0.5) is 0 Å². The lowest BCUT2D eigenvalue weighted by Crippen LogP contribution is -2.82. The summed E-state index contributed by atoms with van der Waals surface area (Å²) in [6.07, 6.45) is 2.07. The highest BCUT2D eigenvalue weighted by Crippen LogP contribution is 2.57. The predicted molar refractivity (Wildman–Crippen MR) is 77.3 cm³/mol. The van der Waals surface area contributed by atoms with E-state index >= 15 is 0 Å². The van der Waals surface area contributed by atoms with E-state index in [0.29, 0.717) is 6.61 Å². The highest BCUT2D eigenvalue weighted by Gasteiger charge is 2.70. The number of methoxy groups -OCH3 is 1. The number of likely N-dealkylation sites (N-methyl/N-ethyl adjacent to an activating group) is 1. The number of hydrogen-bond donors (Lipinski definition) is 1. The lowest BCUT2D eigenvalue weighted by atomic mass is 9.46. The molecule has 5 heteroatoms. The molecular weight excluding hydrogens is 256 g/mol. The maximum Gasteiger partial charge on any atom is 0.243 e. The van der Waals surface area contributed by atoms with Gasteiger partial charge in [0.25, 0.3) is 0 Å². The summed E-state index contributed by atoms with van der Waals surface area (Å²) in [5, 5.41) is 0. The molecule has 116 valence electrons. The standard InChI is InChI=1S/C15H28N2O3/c1-10(9-19-5)17(4)13(18)15(16)11-7-6-8-20-12(11)14(15,2)3/h10-12H,6-9,16H2,1-5H3. The van der Waals surface area contributed by atoms with E-state index in [1.165, 1.54) is 0 Å². The Hall–Kier alpha value is -0.650. The minimum atomic E-state index is -0.825. The second-order valence-corrected chi connectivity index (χ2v) is 6.85. The van der Waals surface area contributed by atoms with E-state index in [-0.39, 0.29) is 29.4 Å². The van der Waals surface area contributed by atoms with Crippen LogP contribution in [0, 0.1) is 11.3 Å². The molecular formula is C15H28N2O3. The van der Waals surface area contributed by atoms with E-state index in [4.69, 9.17) is 15.2 Å². The van der Waals surface area contributed by atoms with Crippen LogP contribution in [-0.4, -0.2) is 55.9 Å². The molecule has 1 heterocycles. The van der Waals surface area contributed by atoms with E-state index in [0.717, 1.165) is 19.4 Å². The molecule has 2 N–H and O–H groups in total. The summed E-state index contributed by atoms with van der Waals surface area (Å²) in [5.74, 6) is 0.148. The maximum absolute atomic E-state index is 12.9. The second-order valence-electron chi connectivity index (χ2n) is 6.85. The first-order valence-electron chi connectivity index (χ1n) is 7.45. The van der Waals surface area contributed by atoms with Crippen molar-refractivity contribution in [1.82, 2.24) is 4.90 Å². The first kappa shape index (κ1) is 15.7. The lowest BCUT2D eigenvalue weighted by Gasteiger charge is -2.65. The molecule has 0 aromatic rings. The van der Waals surface area contributed by atoms with E-state index in [2.05, 4.69) is 0 Å². The van der Waals surface area contributed by atoms with Gasteiger partial charge in [0.15, 0.2) is 0 Å². The zero-order valence-corrected chi connectivity index (χ0v) is 13.3. The number of rotatable bonds is 4. The van der Waals surface area contributed by atoms with Crippen LogP contribution < -0.4 is 5.73 Å². The van der Waals surface area contributed by atoms with Crippen molar-refractivity contribution in [3.63, 3.8) is 0 Å². The Morgan fingerprint density at radius 3 is 2.80 bits per heavy atom. The van der Waals surface area contributed by atoms with Gasteiger partial charge in [-0.1, -0.05) is 13.8 Å². The first-order valence-corrected chi connectivity index (χ1v) is 7.45. The summed E-state index contributed by atoms with van der Waals surface area (Å²) >= 11 is 0. The molecule has 0 aromatic heterocycles. The molecule has 4 atom stereocenters. The van der Waals surface area contributed by atoms with Crippen LogP contribution >= 0.6 is 0 Å². The van der Waals surface area contributed by atoms with Gasteiger partial charge in [-0.05, 0) is 19.8 Å². The molecule has 0 radical (unpaired) electrons. The van der Waals surface area contributed by atoms with E-state index in [1.54, 1.807) is 12.0 Å². The van der Waals surface area contributed by atoms with Crippen LogP contribution in [0.2, 0.25) is 0 Å². The van der Waals surface area contributed by atoms with Crippen LogP contribution in [0.5, 0.6) is 0 Å². The first-order chi connectivity index (χ1) is 9.28. The fourth-order valence-electron chi connectivity index (χ4n) is 3.85. The fourth-order valence-corrected chi connectivity index (χ4v) is 3.85. The quantitative estimate of drug-likeness (QED) is 0.837. The number of carbonyl (C=O) groups excluding carboxylic acids is 1. The van der Waals surface area contributed by atoms with Crippen LogP contribution in [0.1, 0.15) is 33.6 Å². The van der Waals surface area contributed by atoms with Crippen molar-refractivity contribution in [3.8, 4) is 0 Å². The molecule has 5 nitrogen and oxygen atoms in total. The number of carbonyl (C=O) groups is 1. The third-order valence-corrected chi connectivity index (χ3v) is 5.43. The smallest absolute Gasteiger partial charge is 0.243 e. The zero-order valence-electron chi connectivity index (χ0n) is 13.3. The van der Waals surface area contributed by atoms with Crippen LogP contribution in [0.15, 0.2) is 0 Å². The second kappa shape index (κ2) is 5.28. The van der Waals surface area contributed by atoms with E-state index in [1.807, 2.05) is 27.8 Å². The van der Waals surface area contributed by atoms with E-state index < -0.39 is 5.54 Å². The molecule has 2 aliphatic rings. The van der Waals surface area contributed by atoms with Gasteiger partial charge in [0.1, 0.15) is 5.54 Å². The Balaban J connectivity index is 2.19. The Kier molecular flexibility index (Phi) is 4.15. The zero-order chi connectivity index (χ0) is 15.1. The van der Waals surface area contributed by atoms with Crippen LogP contribution in [0.25, 0.3) is 0 Å². The SMILES string of the molecule is COCC(C)N(C)C(=O)C1(N)C2CCCOC2C1(C)C. The summed E-state index contributed by atoms with van der Waals surface area (Å²) in [5.41, 5.74) is 5.45. The molecule has 0 aromatic carbocycles. The Bertz CT molecular complexity index is 385. The van der Waals surface area contributed by atoms with Gasteiger partial charge < -0.3 is 20.1 Å². The van der Waals surface area contributed by atoms with Gasteiger partial charge in [-0.15, -0.1) is 0 Å². The highest BCUT2D eigenvalue weighted by atomic mass is 16.5. The lowest BCUT2D eigenvalue weighted by molar-refractivity contribution is -0.230. The van der Waals surface area contributed by atoms with Gasteiger partial charge in [0.2, 0.25) is 5.91 Å². The van der Waals surface area contributed by atoms with Crippen LogP contribution in [0.3, 0.4) is 0 Å². The highest BCUT2D eigenvalue weighted by molar-refractivity contribution is 5.89. The monoisotopic (exact) mass is 284 g/mol. The normalized spacial score (nSPS) is 36.7. The summed E-state index contributed by atoms with van der Waals surface area (Å²) in [6.45, 7) is 7.37.